The number of pyridine rings is 1. The summed E-state index contributed by atoms with van der Waals surface area (Å²) in [4.78, 5) is 31.3. The lowest BCUT2D eigenvalue weighted by Crippen LogP contribution is -2.50. The van der Waals surface area contributed by atoms with Gasteiger partial charge in [-0.25, -0.2) is 4.98 Å². The summed E-state index contributed by atoms with van der Waals surface area (Å²) in [5.41, 5.74) is 6.14. The van der Waals surface area contributed by atoms with Crippen molar-refractivity contribution in [1.82, 2.24) is 14.8 Å². The Bertz CT molecular complexity index is 1400. The Morgan fingerprint density at radius 1 is 0.970 bits per heavy atom. The molecule has 0 bridgehead atoms. The van der Waals surface area contributed by atoms with E-state index in [-0.39, 0.29) is 18.4 Å². The number of fused-ring (bicyclic) bond motifs is 1. The molecule has 0 saturated carbocycles. The van der Waals surface area contributed by atoms with Crippen molar-refractivity contribution in [3.63, 3.8) is 0 Å². The lowest BCUT2D eigenvalue weighted by molar-refractivity contribution is -0.497. The van der Waals surface area contributed by atoms with E-state index in [1.165, 1.54) is 0 Å². The third-order valence-electron chi connectivity index (χ3n) is 6.08. The number of benzene rings is 2. The first kappa shape index (κ1) is 20.5. The number of H-pyrrole nitrogens is 1. The molecule has 1 saturated heterocycles. The number of amides is 2. The number of hydrogen-bond acceptors (Lipinski definition) is 3. The quantitative estimate of drug-likeness (QED) is 0.501. The van der Waals surface area contributed by atoms with E-state index in [9.17, 15) is 9.59 Å². The molecule has 7 nitrogen and oxygen atoms in total. The number of carbonyl (C=O) groups is 2. The minimum atomic E-state index is -0.124. The Labute approximate surface area is 191 Å². The zero-order valence-electron chi connectivity index (χ0n) is 18.2. The topological polar surface area (TPSA) is 84.3 Å². The highest BCUT2D eigenvalue weighted by molar-refractivity contribution is 5.97. The molecule has 3 heterocycles. The van der Waals surface area contributed by atoms with Gasteiger partial charge in [-0.15, -0.1) is 0 Å². The number of carbonyl (C=O) groups excluding carboxylic acids is 2. The number of nitrogens with one attached hydrogen (secondary N) is 1. The molecule has 1 aliphatic heterocycles. The van der Waals surface area contributed by atoms with E-state index < -0.39 is 0 Å². The number of imidazole rings is 1. The number of piperazine rings is 1. The van der Waals surface area contributed by atoms with Crippen LogP contribution in [0.3, 0.4) is 0 Å². The Hall–Kier alpha value is -4.44. The highest BCUT2D eigenvalue weighted by Gasteiger charge is 2.25. The molecule has 0 atom stereocenters. The third-order valence-corrected chi connectivity index (χ3v) is 6.08. The fourth-order valence-electron chi connectivity index (χ4n) is 4.06. The molecule has 2 aromatic carbocycles. The van der Waals surface area contributed by atoms with E-state index in [0.29, 0.717) is 24.2 Å². The highest BCUT2D eigenvalue weighted by atomic mass is 16.2. The van der Waals surface area contributed by atoms with E-state index in [0.717, 1.165) is 28.0 Å². The molecule has 1 fully saturated rings. The fourth-order valence-corrected chi connectivity index (χ4v) is 4.06. The molecule has 7 heteroatoms. The van der Waals surface area contributed by atoms with Crippen LogP contribution in [0.4, 0.5) is 0 Å². The van der Waals surface area contributed by atoms with Crippen LogP contribution in [0.2, 0.25) is 0 Å². The Morgan fingerprint density at radius 3 is 2.36 bits per heavy atom. The minimum Gasteiger partial charge on any atom is -0.342 e. The van der Waals surface area contributed by atoms with Crippen molar-refractivity contribution in [3.8, 4) is 28.5 Å². The van der Waals surface area contributed by atoms with Crippen molar-refractivity contribution >= 4 is 17.5 Å². The van der Waals surface area contributed by atoms with Crippen molar-refractivity contribution in [2.75, 3.05) is 26.7 Å². The van der Waals surface area contributed by atoms with Gasteiger partial charge < -0.3 is 9.80 Å². The molecule has 4 aromatic rings. The molecule has 5 rings (SSSR count). The monoisotopic (exact) mass is 436 g/mol. The van der Waals surface area contributed by atoms with Gasteiger partial charge in [-0.2, -0.15) is 9.66 Å². The largest absolute Gasteiger partial charge is 0.342 e. The first-order valence-electron chi connectivity index (χ1n) is 10.7. The van der Waals surface area contributed by atoms with Gasteiger partial charge in [0.2, 0.25) is 5.91 Å². The van der Waals surface area contributed by atoms with Crippen LogP contribution in [0.1, 0.15) is 15.9 Å². The van der Waals surface area contributed by atoms with Crippen LogP contribution in [0, 0.1) is 11.3 Å². The van der Waals surface area contributed by atoms with Crippen molar-refractivity contribution in [1.29, 1.82) is 5.26 Å². The lowest BCUT2D eigenvalue weighted by Gasteiger charge is -2.32. The molecular formula is C26H22N5O2+. The first-order valence-corrected chi connectivity index (χ1v) is 10.7. The van der Waals surface area contributed by atoms with Gasteiger partial charge in [-0.3, -0.25) is 9.59 Å². The summed E-state index contributed by atoms with van der Waals surface area (Å²) < 4.78 is 2.08. The van der Waals surface area contributed by atoms with Gasteiger partial charge >= 0.3 is 0 Å². The van der Waals surface area contributed by atoms with Crippen LogP contribution in [-0.4, -0.2) is 53.3 Å². The normalized spacial score (nSPS) is 13.9. The van der Waals surface area contributed by atoms with Gasteiger partial charge in [0.25, 0.3) is 11.6 Å². The standard InChI is InChI=1S/C26H21N5O2/c1-29-12-13-30(17-25(29)32)26(33)21-8-6-19(7-9-21)22-10-11-24-28-15-23(31(24)16-22)20-4-2-18(14-27)3-5-20/h2-11,15-16H,12-13,17H2,1H3/p+1. The maximum atomic E-state index is 12.8. The number of aromatic nitrogens is 2. The van der Waals surface area contributed by atoms with Gasteiger partial charge in [0.05, 0.1) is 11.6 Å². The third kappa shape index (κ3) is 3.83. The highest BCUT2D eigenvalue weighted by Crippen LogP contribution is 2.22. The van der Waals surface area contributed by atoms with E-state index >= 15 is 0 Å². The van der Waals surface area contributed by atoms with Crippen LogP contribution >= 0.6 is 0 Å². The molecule has 33 heavy (non-hydrogen) atoms. The molecule has 1 aliphatic rings. The summed E-state index contributed by atoms with van der Waals surface area (Å²) in [6.07, 6.45) is 3.99. The van der Waals surface area contributed by atoms with E-state index in [4.69, 9.17) is 5.26 Å². The number of rotatable bonds is 3. The SMILES string of the molecule is CN1CCN(C(=O)c2ccc(-c3ccc4[nH]cc(-c5ccc(C#N)cc5)[n+]4c3)cc2)CC1=O. The Balaban J connectivity index is 1.42. The maximum Gasteiger partial charge on any atom is 0.284 e. The zero-order valence-corrected chi connectivity index (χ0v) is 18.2. The van der Waals surface area contributed by atoms with Crippen LogP contribution in [-0.2, 0) is 4.79 Å². The zero-order chi connectivity index (χ0) is 22.9. The summed E-state index contributed by atoms with van der Waals surface area (Å²) >= 11 is 0. The fraction of sp³-hybridized carbons (Fsp3) is 0.154. The molecule has 2 amide bonds. The van der Waals surface area contributed by atoms with Crippen LogP contribution in [0.25, 0.3) is 28.0 Å². The molecule has 162 valence electrons. The molecule has 0 radical (unpaired) electrons. The Morgan fingerprint density at radius 2 is 1.67 bits per heavy atom. The van der Waals surface area contributed by atoms with Crippen molar-refractivity contribution < 1.29 is 14.0 Å². The lowest BCUT2D eigenvalue weighted by atomic mass is 10.0. The van der Waals surface area contributed by atoms with Crippen molar-refractivity contribution in [3.05, 3.63) is 84.2 Å². The summed E-state index contributed by atoms with van der Waals surface area (Å²) in [5.74, 6) is -0.164. The predicted molar refractivity (Wildman–Crippen MR) is 123 cm³/mol. The number of nitrogens with zero attached hydrogens (tertiary/aromatic N) is 4. The van der Waals surface area contributed by atoms with E-state index in [1.54, 1.807) is 16.8 Å². The second-order valence-electron chi connectivity index (χ2n) is 8.16. The van der Waals surface area contributed by atoms with Crippen LogP contribution in [0.5, 0.6) is 0 Å². The number of hydrogen-bond donors (Lipinski definition) is 1. The minimum absolute atomic E-state index is 0.0406. The Kier molecular flexibility index (Phi) is 5.11. The van der Waals surface area contributed by atoms with Gasteiger partial charge in [0.1, 0.15) is 18.9 Å². The molecule has 0 unspecified atom stereocenters. The molecule has 0 spiro atoms. The summed E-state index contributed by atoms with van der Waals surface area (Å²) in [5, 5.41) is 9.04. The van der Waals surface area contributed by atoms with E-state index in [2.05, 4.69) is 21.7 Å². The second-order valence-corrected chi connectivity index (χ2v) is 8.16. The summed E-state index contributed by atoms with van der Waals surface area (Å²) in [6.45, 7) is 1.22. The molecular weight excluding hydrogens is 414 g/mol. The average molecular weight is 436 g/mol. The van der Waals surface area contributed by atoms with Crippen molar-refractivity contribution in [2.24, 2.45) is 0 Å². The number of likely N-dealkylation sites (N-methyl/N-ethyl adjacent to an activating group) is 1. The maximum absolute atomic E-state index is 12.8. The summed E-state index contributed by atoms with van der Waals surface area (Å²) in [6, 6.07) is 21.2. The van der Waals surface area contributed by atoms with Crippen molar-refractivity contribution in [2.45, 2.75) is 0 Å². The smallest absolute Gasteiger partial charge is 0.284 e. The molecule has 0 aliphatic carbocycles. The second kappa shape index (κ2) is 8.24. The van der Waals surface area contributed by atoms with Gasteiger partial charge in [-0.05, 0) is 48.0 Å². The van der Waals surface area contributed by atoms with Gasteiger partial charge in [0.15, 0.2) is 5.69 Å². The number of nitriles is 1. The summed E-state index contributed by atoms with van der Waals surface area (Å²) in [7, 11) is 1.76. The van der Waals surface area contributed by atoms with Crippen LogP contribution in [0.15, 0.2) is 73.1 Å². The van der Waals surface area contributed by atoms with Gasteiger partial charge in [-0.1, -0.05) is 12.1 Å². The first-order chi connectivity index (χ1) is 16.0. The van der Waals surface area contributed by atoms with Crippen LogP contribution < -0.4 is 4.40 Å². The van der Waals surface area contributed by atoms with Gasteiger partial charge in [0, 0.05) is 42.9 Å². The van der Waals surface area contributed by atoms with E-state index in [1.807, 2.05) is 66.9 Å². The number of aromatic amines is 1. The predicted octanol–water partition coefficient (Wildman–Crippen LogP) is 2.87. The molecule has 2 aromatic heterocycles. The average Bonchev–Trinajstić information content (AvgIpc) is 3.29. The molecule has 1 N–H and O–H groups in total.